The predicted octanol–water partition coefficient (Wildman–Crippen LogP) is 0.903. The van der Waals surface area contributed by atoms with Gasteiger partial charge in [0.2, 0.25) is 0 Å². The number of rotatable bonds is 1. The summed E-state index contributed by atoms with van der Waals surface area (Å²) in [7, 11) is 0. The minimum Gasteiger partial charge on any atom is -0.328 e. The van der Waals surface area contributed by atoms with E-state index < -0.39 is 16.7 Å². The molecule has 8 heteroatoms. The average Bonchev–Trinajstić information content (AvgIpc) is 2.03. The molecule has 78 valence electrons. The maximum atomic E-state index is 12.5. The van der Waals surface area contributed by atoms with Crippen molar-refractivity contribution in [1.82, 2.24) is 0 Å². The van der Waals surface area contributed by atoms with Crippen LogP contribution in [0.4, 0.5) is 14.5 Å². The molecule has 1 aromatic carbocycles. The minimum absolute atomic E-state index is 0.0846. The summed E-state index contributed by atoms with van der Waals surface area (Å²) in [5.41, 5.74) is 2.17. The van der Waals surface area contributed by atoms with Crippen molar-refractivity contribution in [2.24, 2.45) is 5.84 Å². The second kappa shape index (κ2) is 5.65. The van der Waals surface area contributed by atoms with E-state index in [2.05, 4.69) is 5.43 Å². The topological polar surface area (TPSA) is 101 Å². The normalized spacial score (nSPS) is 8.50. The van der Waals surface area contributed by atoms with Crippen LogP contribution in [0.15, 0.2) is 18.2 Å². The van der Waals surface area contributed by atoms with E-state index in [1.165, 1.54) is 6.07 Å². The molecule has 0 aliphatic rings. The lowest BCUT2D eigenvalue weighted by Gasteiger charge is -1.99. The van der Waals surface area contributed by atoms with Gasteiger partial charge in [0.1, 0.15) is 5.82 Å². The number of anilines is 1. The molecule has 0 aliphatic heterocycles. The van der Waals surface area contributed by atoms with Crippen LogP contribution in [0.2, 0.25) is 0 Å². The lowest BCUT2D eigenvalue weighted by atomic mass is 10.3. The van der Waals surface area contributed by atoms with Gasteiger partial charge in [-0.2, -0.15) is 0 Å². The Bertz CT molecular complexity index is 317. The summed E-state index contributed by atoms with van der Waals surface area (Å²) in [6, 6.07) is 3.11. The van der Waals surface area contributed by atoms with Crippen LogP contribution in [0.1, 0.15) is 0 Å². The minimum atomic E-state index is -1.50. The van der Waals surface area contributed by atoms with Crippen molar-refractivity contribution in [3.63, 3.8) is 0 Å². The molecule has 0 atom stereocenters. The summed E-state index contributed by atoms with van der Waals surface area (Å²) in [5, 5.41) is 13.6. The van der Waals surface area contributed by atoms with Gasteiger partial charge in [0.05, 0.1) is 5.69 Å². The van der Waals surface area contributed by atoms with Crippen molar-refractivity contribution in [3.8, 4) is 0 Å². The second-order valence-corrected chi connectivity index (χ2v) is 2.01. The van der Waals surface area contributed by atoms with Gasteiger partial charge in [0, 0.05) is 6.07 Å². The van der Waals surface area contributed by atoms with E-state index in [0.29, 0.717) is 0 Å². The van der Waals surface area contributed by atoms with Crippen LogP contribution in [0.3, 0.4) is 0 Å². The summed E-state index contributed by atoms with van der Waals surface area (Å²) in [4.78, 5) is 8.36. The molecule has 0 unspecified atom stereocenters. The van der Waals surface area contributed by atoms with E-state index in [4.69, 9.17) is 21.2 Å². The fraction of sp³-hybridized carbons (Fsp3) is 0. The standard InChI is InChI=1S/C6H6F2N2.HNO3/c7-4-1-2-6(10-9)5(8)3-4;2-1(3)4/h1-3,10H,9H2;(H,2,3,4). The lowest BCUT2D eigenvalue weighted by molar-refractivity contribution is -0.742. The Kier molecular flexibility index (Phi) is 4.86. The largest absolute Gasteiger partial charge is 0.328 e. The Morgan fingerprint density at radius 3 is 2.36 bits per heavy atom. The number of benzene rings is 1. The highest BCUT2D eigenvalue weighted by Crippen LogP contribution is 2.12. The first kappa shape index (κ1) is 12.0. The van der Waals surface area contributed by atoms with E-state index in [1.54, 1.807) is 0 Å². The quantitative estimate of drug-likeness (QED) is 0.360. The smallest absolute Gasteiger partial charge is 0.291 e. The Morgan fingerprint density at radius 1 is 1.50 bits per heavy atom. The van der Waals surface area contributed by atoms with E-state index >= 15 is 0 Å². The van der Waals surface area contributed by atoms with Gasteiger partial charge in [-0.15, -0.1) is 10.1 Å². The number of hydrogen-bond acceptors (Lipinski definition) is 4. The van der Waals surface area contributed by atoms with Gasteiger partial charge in [-0.05, 0) is 12.1 Å². The second-order valence-electron chi connectivity index (χ2n) is 2.01. The molecule has 6 nitrogen and oxygen atoms in total. The third kappa shape index (κ3) is 4.83. The van der Waals surface area contributed by atoms with Crippen LogP contribution in [-0.2, 0) is 0 Å². The third-order valence-corrected chi connectivity index (χ3v) is 1.09. The van der Waals surface area contributed by atoms with Crippen LogP contribution >= 0.6 is 0 Å². The molecule has 0 saturated heterocycles. The summed E-state index contributed by atoms with van der Waals surface area (Å²) in [6.45, 7) is 0. The molecule has 0 bridgehead atoms. The number of halogens is 2. The number of hydrogen-bond donors (Lipinski definition) is 3. The van der Waals surface area contributed by atoms with Crippen molar-refractivity contribution in [2.75, 3.05) is 5.43 Å². The van der Waals surface area contributed by atoms with Gasteiger partial charge in [0.25, 0.3) is 5.09 Å². The van der Waals surface area contributed by atoms with Crippen LogP contribution in [0, 0.1) is 21.7 Å². The summed E-state index contributed by atoms with van der Waals surface area (Å²) in [6.07, 6.45) is 0. The molecular weight excluding hydrogens is 200 g/mol. The molecule has 0 amide bonds. The molecule has 1 aromatic rings. The molecule has 4 N–H and O–H groups in total. The van der Waals surface area contributed by atoms with E-state index in [9.17, 15) is 8.78 Å². The monoisotopic (exact) mass is 207 g/mol. The first-order valence-corrected chi connectivity index (χ1v) is 3.22. The number of hydrazine groups is 1. The van der Waals surface area contributed by atoms with Crippen molar-refractivity contribution in [1.29, 1.82) is 0 Å². The molecule has 0 fully saturated rings. The van der Waals surface area contributed by atoms with Gasteiger partial charge in [0.15, 0.2) is 5.82 Å². The van der Waals surface area contributed by atoms with Crippen LogP contribution in [-0.4, -0.2) is 10.3 Å². The molecule has 0 heterocycles. The lowest BCUT2D eigenvalue weighted by Crippen LogP contribution is -2.08. The maximum Gasteiger partial charge on any atom is 0.291 e. The predicted molar refractivity (Wildman–Crippen MR) is 42.9 cm³/mol. The van der Waals surface area contributed by atoms with Crippen molar-refractivity contribution in [3.05, 3.63) is 39.9 Å². The number of nitrogens with two attached hydrogens (primary N) is 1. The zero-order chi connectivity index (χ0) is 11.1. The van der Waals surface area contributed by atoms with Gasteiger partial charge in [-0.3, -0.25) is 5.84 Å². The number of nitrogen functional groups attached to an aromatic ring is 1. The van der Waals surface area contributed by atoms with Crippen LogP contribution in [0.25, 0.3) is 0 Å². The summed E-state index contributed by atoms with van der Waals surface area (Å²) in [5.74, 6) is 3.58. The van der Waals surface area contributed by atoms with E-state index in [1.807, 2.05) is 0 Å². The molecule has 0 aromatic heterocycles. The number of nitrogens with one attached hydrogen (secondary N) is 1. The van der Waals surface area contributed by atoms with E-state index in [0.717, 1.165) is 12.1 Å². The molecule has 0 spiro atoms. The van der Waals surface area contributed by atoms with Gasteiger partial charge in [-0.25, -0.2) is 8.78 Å². The zero-order valence-corrected chi connectivity index (χ0v) is 6.78. The van der Waals surface area contributed by atoms with Crippen molar-refractivity contribution < 1.29 is 19.1 Å². The SMILES string of the molecule is NNc1ccc(F)cc1F.O=[N+]([O-])O. The summed E-state index contributed by atoms with van der Waals surface area (Å²) < 4.78 is 24.6. The Hall–Kier alpha value is -1.96. The molecule has 0 saturated carbocycles. The Balaban J connectivity index is 0.000000364. The summed E-state index contributed by atoms with van der Waals surface area (Å²) >= 11 is 0. The van der Waals surface area contributed by atoms with Crippen molar-refractivity contribution in [2.45, 2.75) is 0 Å². The number of nitrogens with zero attached hydrogens (tertiary/aromatic N) is 1. The van der Waals surface area contributed by atoms with Gasteiger partial charge >= 0.3 is 0 Å². The van der Waals surface area contributed by atoms with Crippen LogP contribution in [0.5, 0.6) is 0 Å². The highest BCUT2D eigenvalue weighted by atomic mass is 19.1. The fourth-order valence-corrected chi connectivity index (χ4v) is 0.607. The first-order chi connectivity index (χ1) is 6.47. The Labute approximate surface area is 77.0 Å². The zero-order valence-electron chi connectivity index (χ0n) is 6.78. The molecule has 0 radical (unpaired) electrons. The highest BCUT2D eigenvalue weighted by Gasteiger charge is 1.99. The molecular formula is C6H7F2N3O3. The average molecular weight is 207 g/mol. The highest BCUT2D eigenvalue weighted by molar-refractivity contribution is 5.43. The van der Waals surface area contributed by atoms with E-state index in [-0.39, 0.29) is 5.69 Å². The third-order valence-electron chi connectivity index (χ3n) is 1.09. The molecule has 1 rings (SSSR count). The first-order valence-electron chi connectivity index (χ1n) is 3.22. The van der Waals surface area contributed by atoms with Gasteiger partial charge < -0.3 is 10.6 Å². The molecule has 0 aliphatic carbocycles. The fourth-order valence-electron chi connectivity index (χ4n) is 0.607. The Morgan fingerprint density at radius 2 is 2.00 bits per heavy atom. The van der Waals surface area contributed by atoms with Crippen molar-refractivity contribution >= 4 is 5.69 Å². The van der Waals surface area contributed by atoms with Crippen LogP contribution < -0.4 is 11.3 Å². The molecule has 14 heavy (non-hydrogen) atoms. The maximum absolute atomic E-state index is 12.5. The van der Waals surface area contributed by atoms with Gasteiger partial charge in [-0.1, -0.05) is 0 Å².